The number of nitrogens with one attached hydrogen (secondary N) is 1. The predicted octanol–water partition coefficient (Wildman–Crippen LogP) is 4.27. The first-order valence-corrected chi connectivity index (χ1v) is 9.52. The summed E-state index contributed by atoms with van der Waals surface area (Å²) in [6.07, 6.45) is 3.02. The number of ether oxygens (including phenoxy) is 1. The molecular weight excluding hydrogens is 350 g/mol. The lowest BCUT2D eigenvalue weighted by molar-refractivity contribution is 0.0933. The fourth-order valence-corrected chi connectivity index (χ4v) is 3.65. The molecule has 1 aliphatic rings. The van der Waals surface area contributed by atoms with Crippen LogP contribution >= 0.6 is 0 Å². The molecular formula is C23H23N3O2. The summed E-state index contributed by atoms with van der Waals surface area (Å²) in [5.41, 5.74) is 5.71. The second kappa shape index (κ2) is 7.80. The van der Waals surface area contributed by atoms with Gasteiger partial charge in [0.1, 0.15) is 5.75 Å². The van der Waals surface area contributed by atoms with Crippen LogP contribution in [0.4, 0.5) is 0 Å². The van der Waals surface area contributed by atoms with E-state index in [0.717, 1.165) is 42.0 Å². The summed E-state index contributed by atoms with van der Waals surface area (Å²) in [5.74, 6) is 0.802. The maximum atomic E-state index is 12.8. The maximum absolute atomic E-state index is 12.8. The zero-order valence-corrected chi connectivity index (χ0v) is 16.1. The Morgan fingerprint density at radius 3 is 2.61 bits per heavy atom. The Labute approximate surface area is 164 Å². The van der Waals surface area contributed by atoms with Crippen LogP contribution in [0, 0.1) is 6.92 Å². The molecule has 0 bridgehead atoms. The number of fused-ring (bicyclic) bond motifs is 1. The van der Waals surface area contributed by atoms with Crippen LogP contribution in [0.3, 0.4) is 0 Å². The molecule has 0 saturated heterocycles. The highest BCUT2D eigenvalue weighted by molar-refractivity contribution is 5.95. The molecule has 1 amide bonds. The Hall–Kier alpha value is -3.21. The maximum Gasteiger partial charge on any atom is 0.251 e. The van der Waals surface area contributed by atoms with Crippen LogP contribution in [0.2, 0.25) is 0 Å². The van der Waals surface area contributed by atoms with E-state index in [4.69, 9.17) is 4.74 Å². The molecule has 0 saturated carbocycles. The SMILES string of the molecule is COc1ccc2c(c1)CCC[C@H]2NC(=O)c1ccc(-c2ccc(C)nn2)cc1. The standard InChI is InChI=1S/C23H23N3O2/c1-15-6-13-21(26-25-15)16-7-9-17(10-8-16)23(27)24-22-5-3-4-18-14-19(28-2)11-12-20(18)22/h6-14,22H,3-5H2,1-2H3,(H,24,27)/t22-/m1/s1. The Bertz CT molecular complexity index is 982. The molecule has 3 aromatic rings. The number of carbonyl (C=O) groups is 1. The van der Waals surface area contributed by atoms with E-state index in [1.165, 1.54) is 11.1 Å². The van der Waals surface area contributed by atoms with Crippen LogP contribution in [-0.4, -0.2) is 23.2 Å². The lowest BCUT2D eigenvalue weighted by Crippen LogP contribution is -2.31. The molecule has 142 valence electrons. The average Bonchev–Trinajstić information content (AvgIpc) is 2.74. The minimum Gasteiger partial charge on any atom is -0.497 e. The molecule has 1 aliphatic carbocycles. The molecule has 5 heteroatoms. The molecule has 1 aromatic heterocycles. The number of carbonyl (C=O) groups excluding carboxylic acids is 1. The van der Waals surface area contributed by atoms with Gasteiger partial charge in [-0.3, -0.25) is 4.79 Å². The highest BCUT2D eigenvalue weighted by Crippen LogP contribution is 2.32. The van der Waals surface area contributed by atoms with Gasteiger partial charge >= 0.3 is 0 Å². The summed E-state index contributed by atoms with van der Waals surface area (Å²) in [5, 5.41) is 11.5. The van der Waals surface area contributed by atoms with Crippen LogP contribution in [0.25, 0.3) is 11.3 Å². The summed E-state index contributed by atoms with van der Waals surface area (Å²) in [4.78, 5) is 12.8. The number of benzene rings is 2. The van der Waals surface area contributed by atoms with Crippen LogP contribution in [0.15, 0.2) is 54.6 Å². The van der Waals surface area contributed by atoms with E-state index < -0.39 is 0 Å². The van der Waals surface area contributed by atoms with Gasteiger partial charge in [0.25, 0.3) is 5.91 Å². The number of hydrogen-bond acceptors (Lipinski definition) is 4. The van der Waals surface area contributed by atoms with Crippen LogP contribution < -0.4 is 10.1 Å². The molecule has 2 aromatic carbocycles. The number of rotatable bonds is 4. The number of nitrogens with zero attached hydrogens (tertiary/aromatic N) is 2. The number of methoxy groups -OCH3 is 1. The second-order valence-corrected chi connectivity index (χ2v) is 7.12. The van der Waals surface area contributed by atoms with Crippen molar-refractivity contribution in [3.05, 3.63) is 77.0 Å². The van der Waals surface area contributed by atoms with E-state index in [-0.39, 0.29) is 11.9 Å². The third-order valence-corrected chi connectivity index (χ3v) is 5.21. The Balaban J connectivity index is 1.49. The summed E-state index contributed by atoms with van der Waals surface area (Å²) < 4.78 is 5.32. The smallest absolute Gasteiger partial charge is 0.251 e. The van der Waals surface area contributed by atoms with Crippen molar-refractivity contribution in [3.63, 3.8) is 0 Å². The highest BCUT2D eigenvalue weighted by atomic mass is 16.5. The lowest BCUT2D eigenvalue weighted by Gasteiger charge is -2.27. The van der Waals surface area contributed by atoms with E-state index in [9.17, 15) is 4.79 Å². The molecule has 0 unspecified atom stereocenters. The summed E-state index contributed by atoms with van der Waals surface area (Å²) in [6, 6.07) is 17.5. The highest BCUT2D eigenvalue weighted by Gasteiger charge is 2.22. The molecule has 0 fully saturated rings. The van der Waals surface area contributed by atoms with Gasteiger partial charge in [-0.2, -0.15) is 10.2 Å². The van der Waals surface area contributed by atoms with Gasteiger partial charge in [-0.05, 0) is 73.7 Å². The number of amides is 1. The van der Waals surface area contributed by atoms with Crippen molar-refractivity contribution in [1.29, 1.82) is 0 Å². The molecule has 4 rings (SSSR count). The van der Waals surface area contributed by atoms with Crippen LogP contribution in [-0.2, 0) is 6.42 Å². The fraction of sp³-hybridized carbons (Fsp3) is 0.261. The molecule has 1 atom stereocenters. The van der Waals surface area contributed by atoms with Crippen molar-refractivity contribution in [2.45, 2.75) is 32.2 Å². The lowest BCUT2D eigenvalue weighted by atomic mass is 9.87. The Morgan fingerprint density at radius 2 is 1.89 bits per heavy atom. The molecule has 0 aliphatic heterocycles. The normalized spacial score (nSPS) is 15.6. The minimum atomic E-state index is -0.0600. The minimum absolute atomic E-state index is 0.0322. The van der Waals surface area contributed by atoms with E-state index in [1.54, 1.807) is 7.11 Å². The first-order chi connectivity index (χ1) is 13.6. The van der Waals surface area contributed by atoms with E-state index in [1.807, 2.05) is 49.4 Å². The second-order valence-electron chi connectivity index (χ2n) is 7.12. The fourth-order valence-electron chi connectivity index (χ4n) is 3.65. The van der Waals surface area contributed by atoms with Gasteiger partial charge in [0, 0.05) is 11.1 Å². The third-order valence-electron chi connectivity index (χ3n) is 5.21. The number of aryl methyl sites for hydroxylation is 2. The molecule has 0 radical (unpaired) electrons. The monoisotopic (exact) mass is 373 g/mol. The summed E-state index contributed by atoms with van der Waals surface area (Å²) >= 11 is 0. The molecule has 1 heterocycles. The van der Waals surface area contributed by atoms with Crippen molar-refractivity contribution in [1.82, 2.24) is 15.5 Å². The Kier molecular flexibility index (Phi) is 5.06. The predicted molar refractivity (Wildman–Crippen MR) is 108 cm³/mol. The quantitative estimate of drug-likeness (QED) is 0.742. The van der Waals surface area contributed by atoms with E-state index >= 15 is 0 Å². The van der Waals surface area contributed by atoms with Crippen LogP contribution in [0.5, 0.6) is 5.75 Å². The number of aromatic nitrogens is 2. The zero-order chi connectivity index (χ0) is 19.5. The van der Waals surface area contributed by atoms with Crippen molar-refractivity contribution in [2.24, 2.45) is 0 Å². The zero-order valence-electron chi connectivity index (χ0n) is 16.1. The first-order valence-electron chi connectivity index (χ1n) is 9.52. The van der Waals surface area contributed by atoms with Crippen molar-refractivity contribution in [3.8, 4) is 17.0 Å². The van der Waals surface area contributed by atoms with Crippen molar-refractivity contribution in [2.75, 3.05) is 7.11 Å². The van der Waals surface area contributed by atoms with Gasteiger partial charge in [-0.1, -0.05) is 18.2 Å². The van der Waals surface area contributed by atoms with E-state index in [2.05, 4.69) is 27.6 Å². The van der Waals surface area contributed by atoms with Gasteiger partial charge in [-0.15, -0.1) is 0 Å². The topological polar surface area (TPSA) is 64.1 Å². The largest absolute Gasteiger partial charge is 0.497 e. The number of hydrogen-bond donors (Lipinski definition) is 1. The van der Waals surface area contributed by atoms with Gasteiger partial charge in [-0.25, -0.2) is 0 Å². The van der Waals surface area contributed by atoms with E-state index in [0.29, 0.717) is 5.56 Å². The van der Waals surface area contributed by atoms with Crippen LogP contribution in [0.1, 0.15) is 46.1 Å². The molecule has 0 spiro atoms. The summed E-state index contributed by atoms with van der Waals surface area (Å²) in [6.45, 7) is 1.91. The first kappa shape index (κ1) is 18.2. The van der Waals surface area contributed by atoms with Gasteiger partial charge in [0.05, 0.1) is 24.5 Å². The summed E-state index contributed by atoms with van der Waals surface area (Å²) in [7, 11) is 1.68. The third kappa shape index (κ3) is 3.74. The molecule has 1 N–H and O–H groups in total. The molecule has 5 nitrogen and oxygen atoms in total. The van der Waals surface area contributed by atoms with Gasteiger partial charge in [0.15, 0.2) is 0 Å². The van der Waals surface area contributed by atoms with Gasteiger partial charge < -0.3 is 10.1 Å². The Morgan fingerprint density at radius 1 is 1.07 bits per heavy atom. The van der Waals surface area contributed by atoms with Gasteiger partial charge in [0.2, 0.25) is 0 Å². The molecule has 28 heavy (non-hydrogen) atoms. The van der Waals surface area contributed by atoms with Crippen molar-refractivity contribution >= 4 is 5.91 Å². The van der Waals surface area contributed by atoms with Crippen molar-refractivity contribution < 1.29 is 9.53 Å². The average molecular weight is 373 g/mol.